The third kappa shape index (κ3) is 3.81. The molecule has 0 radical (unpaired) electrons. The highest BCUT2D eigenvalue weighted by Gasteiger charge is 2.32. The standard InChI is InChI=1S/C18H20N4O5/c1-10-3-4-12(5-11(10)2)7-21-8-13(6-14(21)23)9-22-16(18(26)27)15(17(24)25)19-20-22/h3-5,13H,6-9H2,1-2H3,(H,24,25)(H,26,27). The van der Waals surface area contributed by atoms with Crippen molar-refractivity contribution in [2.45, 2.75) is 33.4 Å². The number of carboxylic acid groups (broad SMARTS) is 2. The molecule has 1 aliphatic rings. The van der Waals surface area contributed by atoms with E-state index in [4.69, 9.17) is 5.11 Å². The summed E-state index contributed by atoms with van der Waals surface area (Å²) in [5.74, 6) is -3.04. The van der Waals surface area contributed by atoms with Crippen LogP contribution in [0, 0.1) is 19.8 Å². The van der Waals surface area contributed by atoms with Gasteiger partial charge in [-0.05, 0) is 30.5 Å². The van der Waals surface area contributed by atoms with Gasteiger partial charge in [0.15, 0.2) is 5.69 Å². The molecule has 2 heterocycles. The highest BCUT2D eigenvalue weighted by atomic mass is 16.4. The number of carboxylic acids is 2. The average Bonchev–Trinajstić information content (AvgIpc) is 3.15. The topological polar surface area (TPSA) is 126 Å². The maximum Gasteiger partial charge on any atom is 0.359 e. The Labute approximate surface area is 155 Å². The number of likely N-dealkylation sites (tertiary alicyclic amines) is 1. The van der Waals surface area contributed by atoms with Gasteiger partial charge in [-0.1, -0.05) is 23.4 Å². The van der Waals surface area contributed by atoms with E-state index in [2.05, 4.69) is 16.4 Å². The molecule has 142 valence electrons. The number of aryl methyl sites for hydroxylation is 2. The monoisotopic (exact) mass is 372 g/mol. The average molecular weight is 372 g/mol. The minimum atomic E-state index is -1.45. The molecule has 3 rings (SSSR count). The summed E-state index contributed by atoms with van der Waals surface area (Å²) in [6, 6.07) is 6.06. The molecular weight excluding hydrogens is 352 g/mol. The van der Waals surface area contributed by atoms with Gasteiger partial charge in [0.05, 0.1) is 0 Å². The number of aromatic nitrogens is 3. The smallest absolute Gasteiger partial charge is 0.359 e. The number of carbonyl (C=O) groups excluding carboxylic acids is 1. The Morgan fingerprint density at radius 3 is 2.56 bits per heavy atom. The Balaban J connectivity index is 1.72. The second kappa shape index (κ2) is 7.18. The summed E-state index contributed by atoms with van der Waals surface area (Å²) in [6.07, 6.45) is 0.256. The van der Waals surface area contributed by atoms with Gasteiger partial charge < -0.3 is 15.1 Å². The van der Waals surface area contributed by atoms with Crippen LogP contribution >= 0.6 is 0 Å². The van der Waals surface area contributed by atoms with Gasteiger partial charge >= 0.3 is 11.9 Å². The molecular formula is C18H20N4O5. The van der Waals surface area contributed by atoms with Crippen molar-refractivity contribution in [3.63, 3.8) is 0 Å². The van der Waals surface area contributed by atoms with E-state index in [1.165, 1.54) is 5.56 Å². The van der Waals surface area contributed by atoms with Crippen LogP contribution in [0.2, 0.25) is 0 Å². The van der Waals surface area contributed by atoms with Crippen LogP contribution in [-0.4, -0.2) is 54.5 Å². The second-order valence-corrected chi connectivity index (χ2v) is 6.84. The van der Waals surface area contributed by atoms with Gasteiger partial charge in [0.2, 0.25) is 11.6 Å². The zero-order valence-electron chi connectivity index (χ0n) is 15.0. The lowest BCUT2D eigenvalue weighted by atomic mass is 10.1. The van der Waals surface area contributed by atoms with Gasteiger partial charge in [-0.25, -0.2) is 14.3 Å². The molecule has 0 spiro atoms. The Bertz CT molecular complexity index is 920. The Morgan fingerprint density at radius 2 is 1.93 bits per heavy atom. The fourth-order valence-electron chi connectivity index (χ4n) is 3.29. The van der Waals surface area contributed by atoms with Crippen LogP contribution in [0.15, 0.2) is 18.2 Å². The van der Waals surface area contributed by atoms with Crippen molar-refractivity contribution in [3.8, 4) is 0 Å². The number of rotatable bonds is 6. The summed E-state index contributed by atoms with van der Waals surface area (Å²) in [5.41, 5.74) is 2.31. The molecule has 9 heteroatoms. The van der Waals surface area contributed by atoms with Crippen LogP contribution < -0.4 is 0 Å². The maximum atomic E-state index is 12.3. The van der Waals surface area contributed by atoms with E-state index in [0.29, 0.717) is 13.1 Å². The van der Waals surface area contributed by atoms with Crippen LogP contribution in [0.5, 0.6) is 0 Å². The zero-order chi connectivity index (χ0) is 19.7. The largest absolute Gasteiger partial charge is 0.476 e. The van der Waals surface area contributed by atoms with Gasteiger partial charge in [-0.2, -0.15) is 0 Å². The summed E-state index contributed by atoms with van der Waals surface area (Å²) in [4.78, 5) is 36.5. The molecule has 1 unspecified atom stereocenters. The molecule has 1 aromatic heterocycles. The lowest BCUT2D eigenvalue weighted by Gasteiger charge is -2.17. The van der Waals surface area contributed by atoms with Crippen LogP contribution in [0.4, 0.5) is 0 Å². The maximum absolute atomic E-state index is 12.3. The van der Waals surface area contributed by atoms with E-state index >= 15 is 0 Å². The number of aromatic carboxylic acids is 2. The number of nitrogens with zero attached hydrogens (tertiary/aromatic N) is 4. The molecule has 1 atom stereocenters. The van der Waals surface area contributed by atoms with Crippen molar-refractivity contribution in [1.82, 2.24) is 19.9 Å². The predicted octanol–water partition coefficient (Wildman–Crippen LogP) is 1.34. The van der Waals surface area contributed by atoms with E-state index < -0.39 is 23.3 Å². The van der Waals surface area contributed by atoms with Gasteiger partial charge in [0.1, 0.15) is 0 Å². The van der Waals surface area contributed by atoms with Gasteiger partial charge in [0.25, 0.3) is 0 Å². The fourth-order valence-corrected chi connectivity index (χ4v) is 3.29. The number of amides is 1. The summed E-state index contributed by atoms with van der Waals surface area (Å²) in [7, 11) is 0. The number of hydrogen-bond donors (Lipinski definition) is 2. The molecule has 2 aromatic rings. The highest BCUT2D eigenvalue weighted by molar-refractivity contribution is 5.98. The van der Waals surface area contributed by atoms with Crippen molar-refractivity contribution >= 4 is 17.8 Å². The SMILES string of the molecule is Cc1ccc(CN2CC(Cn3nnc(C(=O)O)c3C(=O)O)CC2=O)cc1C. The first kappa shape index (κ1) is 18.6. The van der Waals surface area contributed by atoms with Crippen molar-refractivity contribution in [2.75, 3.05) is 6.54 Å². The van der Waals surface area contributed by atoms with Crippen molar-refractivity contribution in [1.29, 1.82) is 0 Å². The molecule has 1 aliphatic heterocycles. The minimum absolute atomic E-state index is 0.0197. The summed E-state index contributed by atoms with van der Waals surface area (Å²) in [6.45, 7) is 5.11. The number of benzene rings is 1. The van der Waals surface area contributed by atoms with E-state index in [-0.39, 0.29) is 24.8 Å². The fraction of sp³-hybridized carbons (Fsp3) is 0.389. The second-order valence-electron chi connectivity index (χ2n) is 6.84. The quantitative estimate of drug-likeness (QED) is 0.783. The first-order valence-electron chi connectivity index (χ1n) is 8.50. The molecule has 2 N–H and O–H groups in total. The van der Waals surface area contributed by atoms with Crippen molar-refractivity contribution in [2.24, 2.45) is 5.92 Å². The first-order valence-corrected chi connectivity index (χ1v) is 8.50. The summed E-state index contributed by atoms with van der Waals surface area (Å²) >= 11 is 0. The molecule has 0 saturated carbocycles. The van der Waals surface area contributed by atoms with Gasteiger partial charge in [0, 0.05) is 32.0 Å². The summed E-state index contributed by atoms with van der Waals surface area (Å²) < 4.78 is 1.06. The molecule has 1 aromatic carbocycles. The van der Waals surface area contributed by atoms with Crippen LogP contribution in [0.1, 0.15) is 44.1 Å². The Kier molecular flexibility index (Phi) is 4.93. The van der Waals surface area contributed by atoms with E-state index in [9.17, 15) is 19.5 Å². The van der Waals surface area contributed by atoms with Crippen molar-refractivity contribution in [3.05, 3.63) is 46.3 Å². The molecule has 1 fully saturated rings. The van der Waals surface area contributed by atoms with E-state index in [1.807, 2.05) is 26.0 Å². The Morgan fingerprint density at radius 1 is 1.19 bits per heavy atom. The Hall–Kier alpha value is -3.23. The molecule has 9 nitrogen and oxygen atoms in total. The first-order chi connectivity index (χ1) is 12.8. The number of hydrogen-bond acceptors (Lipinski definition) is 5. The van der Waals surface area contributed by atoms with E-state index in [0.717, 1.165) is 15.8 Å². The minimum Gasteiger partial charge on any atom is -0.476 e. The van der Waals surface area contributed by atoms with Crippen LogP contribution in [0.25, 0.3) is 0 Å². The summed E-state index contributed by atoms with van der Waals surface area (Å²) in [5, 5.41) is 25.4. The van der Waals surface area contributed by atoms with Crippen LogP contribution in [0.3, 0.4) is 0 Å². The predicted molar refractivity (Wildman–Crippen MR) is 93.4 cm³/mol. The lowest BCUT2D eigenvalue weighted by molar-refractivity contribution is -0.128. The molecule has 1 saturated heterocycles. The highest BCUT2D eigenvalue weighted by Crippen LogP contribution is 2.23. The zero-order valence-corrected chi connectivity index (χ0v) is 15.0. The molecule has 0 bridgehead atoms. The molecule has 1 amide bonds. The lowest BCUT2D eigenvalue weighted by Crippen LogP contribution is -2.25. The molecule has 0 aliphatic carbocycles. The third-order valence-corrected chi connectivity index (χ3v) is 4.81. The third-order valence-electron chi connectivity index (χ3n) is 4.81. The van der Waals surface area contributed by atoms with Gasteiger partial charge in [-0.3, -0.25) is 4.79 Å². The number of carbonyl (C=O) groups is 3. The van der Waals surface area contributed by atoms with E-state index in [1.54, 1.807) is 4.90 Å². The normalized spacial score (nSPS) is 16.7. The molecule has 27 heavy (non-hydrogen) atoms. The van der Waals surface area contributed by atoms with Crippen LogP contribution in [-0.2, 0) is 17.9 Å². The van der Waals surface area contributed by atoms with Crippen molar-refractivity contribution < 1.29 is 24.6 Å². The van der Waals surface area contributed by atoms with Gasteiger partial charge in [-0.15, -0.1) is 5.10 Å².